The van der Waals surface area contributed by atoms with Gasteiger partial charge in [0.25, 0.3) is 0 Å². The third-order valence-electron chi connectivity index (χ3n) is 7.78. The minimum atomic E-state index is -5.40. The van der Waals surface area contributed by atoms with Crippen LogP contribution < -0.4 is 28.3 Å². The Balaban J connectivity index is 2.05. The van der Waals surface area contributed by atoms with Gasteiger partial charge < -0.3 is 92.3 Å². The number of phosphoric ester groups is 2. The monoisotopic (exact) mass is 727 g/mol. The van der Waals surface area contributed by atoms with Crippen LogP contribution in [0.25, 0.3) is 0 Å². The predicted molar refractivity (Wildman–Crippen MR) is 154 cm³/mol. The summed E-state index contributed by atoms with van der Waals surface area (Å²) in [6.07, 6.45) is -18.1. The van der Waals surface area contributed by atoms with Gasteiger partial charge in [-0.15, -0.1) is 0 Å². The molecule has 0 bridgehead atoms. The Kier molecular flexibility index (Phi) is 13.5. The number of nitrogens with two attached hydrogens (primary N) is 4. The van der Waals surface area contributed by atoms with Gasteiger partial charge in [-0.2, -0.15) is 0 Å². The quantitative estimate of drug-likeness (QED) is 0.0476. The fraction of sp³-hybridized carbons (Fsp3) is 0.905. The molecule has 2 saturated heterocycles. The summed E-state index contributed by atoms with van der Waals surface area (Å²) in [6.45, 7) is -0.0276. The van der Waals surface area contributed by atoms with Crippen molar-refractivity contribution in [3.8, 4) is 0 Å². The van der Waals surface area contributed by atoms with Crippen LogP contribution >= 0.6 is 15.6 Å². The molecule has 1 saturated carbocycles. The maximum atomic E-state index is 11.8. The van der Waals surface area contributed by atoms with E-state index >= 15 is 0 Å². The Bertz CT molecular complexity index is 1200. The van der Waals surface area contributed by atoms with E-state index in [1.165, 1.54) is 14.0 Å². The number of aliphatic hydroxyl groups excluding tert-OH is 5. The second-order valence-electron chi connectivity index (χ2n) is 11.0. The molecule has 47 heavy (non-hydrogen) atoms. The molecular weight excluding hydrogens is 684 g/mol. The fourth-order valence-electron chi connectivity index (χ4n) is 5.63. The summed E-state index contributed by atoms with van der Waals surface area (Å²) in [7, 11) is -9.06. The van der Waals surface area contributed by atoms with Gasteiger partial charge in [0.15, 0.2) is 24.5 Å². The summed E-state index contributed by atoms with van der Waals surface area (Å²) >= 11 is 0. The van der Waals surface area contributed by atoms with Gasteiger partial charge in [-0.1, -0.05) is 0 Å². The molecule has 0 aromatic rings. The lowest BCUT2D eigenvalue weighted by atomic mass is 9.81. The van der Waals surface area contributed by atoms with Crippen LogP contribution in [0.2, 0.25) is 0 Å². The Morgan fingerprint density at radius 3 is 1.83 bits per heavy atom. The molecule has 0 aromatic carbocycles. The van der Waals surface area contributed by atoms with Crippen LogP contribution in [0, 0.1) is 5.92 Å². The van der Waals surface area contributed by atoms with Gasteiger partial charge in [-0.05, 0) is 14.0 Å². The van der Waals surface area contributed by atoms with Crippen molar-refractivity contribution in [3.63, 3.8) is 0 Å². The molecule has 0 radical (unpaired) electrons. The SMILES string of the molecule is CN[C@@H]1[C@H](O[C@H]2[C@H](O[C@H]3[C@H](O)[C@@H](OP(=O)(O)O)[C@H](N=C(N)N)[C@@H](O)[C@@H]3N=C(N)N)O[C@@H](C)[C@@H]2COP(=O)(O)O)O[C@@H](CO)[C@H](O)[C@H]1O. The normalized spacial score (nSPS) is 41.4. The minimum absolute atomic E-state index is 0.635. The number of nitrogens with one attached hydrogen (secondary N) is 1. The average Bonchev–Trinajstić information content (AvgIpc) is 3.23. The molecule has 3 aliphatic rings. The number of aliphatic imine (C=N–C) groups is 2. The number of hydrogen-bond donors (Lipinski definition) is 14. The Morgan fingerprint density at radius 2 is 1.34 bits per heavy atom. The maximum Gasteiger partial charge on any atom is 0.470 e. The molecule has 18 N–H and O–H groups in total. The van der Waals surface area contributed by atoms with E-state index < -0.39 is 132 Å². The van der Waals surface area contributed by atoms with Crippen molar-refractivity contribution in [2.75, 3.05) is 20.3 Å². The first-order valence-electron chi connectivity index (χ1n) is 13.9. The van der Waals surface area contributed by atoms with Crippen molar-refractivity contribution < 1.29 is 82.2 Å². The second kappa shape index (κ2) is 15.9. The molecule has 0 unspecified atom stereocenters. The fourth-order valence-corrected chi connectivity index (χ4v) is 6.56. The van der Waals surface area contributed by atoms with Gasteiger partial charge >= 0.3 is 15.6 Å². The van der Waals surface area contributed by atoms with Crippen LogP contribution in [-0.2, 0) is 37.1 Å². The lowest BCUT2D eigenvalue weighted by Gasteiger charge is -2.46. The molecule has 274 valence electrons. The number of hydrogen-bond acceptors (Lipinski definition) is 16. The molecule has 2 aliphatic heterocycles. The summed E-state index contributed by atoms with van der Waals surface area (Å²) in [5, 5.41) is 55.9. The van der Waals surface area contributed by atoms with Crippen LogP contribution in [0.15, 0.2) is 9.98 Å². The number of guanidine groups is 2. The van der Waals surface area contributed by atoms with Crippen LogP contribution in [0.3, 0.4) is 0 Å². The van der Waals surface area contributed by atoms with E-state index in [9.17, 15) is 54.2 Å². The molecular formula is C21H43N7O17P2. The van der Waals surface area contributed by atoms with Crippen LogP contribution in [-0.4, -0.2) is 163 Å². The van der Waals surface area contributed by atoms with Gasteiger partial charge in [0.2, 0.25) is 0 Å². The zero-order valence-electron chi connectivity index (χ0n) is 25.0. The molecule has 15 atom stereocenters. The maximum absolute atomic E-state index is 11.8. The molecule has 26 heteroatoms. The second-order valence-corrected chi connectivity index (χ2v) is 13.4. The van der Waals surface area contributed by atoms with E-state index in [0.717, 1.165) is 0 Å². The summed E-state index contributed by atoms with van der Waals surface area (Å²) in [4.78, 5) is 45.4. The molecule has 2 heterocycles. The zero-order chi connectivity index (χ0) is 35.6. The highest BCUT2D eigenvalue weighted by molar-refractivity contribution is 7.46. The third-order valence-corrected chi connectivity index (χ3v) is 8.78. The number of rotatable bonds is 13. The van der Waals surface area contributed by atoms with Gasteiger partial charge in [-0.25, -0.2) is 19.1 Å². The van der Waals surface area contributed by atoms with Crippen molar-refractivity contribution >= 4 is 27.6 Å². The first kappa shape index (κ1) is 39.8. The average molecular weight is 728 g/mol. The molecule has 1 aliphatic carbocycles. The summed E-state index contributed by atoms with van der Waals surface area (Å²) < 4.78 is 56.4. The molecule has 24 nitrogen and oxygen atoms in total. The highest BCUT2D eigenvalue weighted by Crippen LogP contribution is 2.45. The largest absolute Gasteiger partial charge is 0.470 e. The number of ether oxygens (including phenoxy) is 4. The van der Waals surface area contributed by atoms with Crippen LogP contribution in [0.5, 0.6) is 0 Å². The van der Waals surface area contributed by atoms with Crippen molar-refractivity contribution in [1.29, 1.82) is 0 Å². The van der Waals surface area contributed by atoms with Crippen molar-refractivity contribution in [3.05, 3.63) is 0 Å². The lowest BCUT2D eigenvalue weighted by molar-refractivity contribution is -0.309. The Labute approximate surface area is 267 Å². The standard InChI is InChI=1S/C21H43N7O17P2/c1-5-6(4-40-46(34,35)36)15(43-18-10(26-2)13(32)11(30)7(3-29)42-18)19(41-5)44-16-8(27-20(22)23)12(31)9(28-21(24)25)17(14(16)33)45-47(37,38)39/h5-19,26,29-33H,3-4H2,1-2H3,(H4,22,23,27)(H4,24,25,28)(H2,34,35,36)(H2,37,38,39)/t5-,6-,7-,8-,9+,10-,11-,12-,13-,14-,15+,16+,17-,18-,19-/m0/s1. The van der Waals surface area contributed by atoms with Crippen molar-refractivity contribution in [1.82, 2.24) is 5.32 Å². The van der Waals surface area contributed by atoms with E-state index in [0.29, 0.717) is 0 Å². The minimum Gasteiger partial charge on any atom is -0.394 e. The Morgan fingerprint density at radius 1 is 0.787 bits per heavy atom. The van der Waals surface area contributed by atoms with Gasteiger partial charge in [0.05, 0.1) is 25.4 Å². The van der Waals surface area contributed by atoms with Crippen LogP contribution in [0.4, 0.5) is 0 Å². The number of phosphoric acid groups is 2. The van der Waals surface area contributed by atoms with Crippen molar-refractivity contribution in [2.24, 2.45) is 38.8 Å². The first-order chi connectivity index (χ1) is 21.7. The Hall–Kier alpha value is -1.64. The number of nitrogens with zero attached hydrogens (tertiary/aromatic N) is 2. The predicted octanol–water partition coefficient (Wildman–Crippen LogP) is -7.25. The van der Waals surface area contributed by atoms with E-state index in [2.05, 4.69) is 19.8 Å². The highest BCUT2D eigenvalue weighted by atomic mass is 31.2. The molecule has 0 spiro atoms. The van der Waals surface area contributed by atoms with E-state index in [1.807, 2.05) is 0 Å². The smallest absolute Gasteiger partial charge is 0.394 e. The van der Waals surface area contributed by atoms with E-state index in [4.69, 9.17) is 46.4 Å². The highest BCUT2D eigenvalue weighted by Gasteiger charge is 2.57. The number of aliphatic hydroxyl groups is 5. The molecule has 0 amide bonds. The lowest BCUT2D eigenvalue weighted by Crippen LogP contribution is -2.66. The first-order valence-corrected chi connectivity index (χ1v) is 17.0. The van der Waals surface area contributed by atoms with Gasteiger partial charge in [0, 0.05) is 5.92 Å². The van der Waals surface area contributed by atoms with Crippen molar-refractivity contribution in [2.45, 2.75) is 92.6 Å². The topological polar surface area (TPSA) is 412 Å². The summed E-state index contributed by atoms with van der Waals surface area (Å²) in [5.74, 6) is -2.41. The van der Waals surface area contributed by atoms with Crippen LogP contribution in [0.1, 0.15) is 6.92 Å². The zero-order valence-corrected chi connectivity index (χ0v) is 26.8. The summed E-state index contributed by atoms with van der Waals surface area (Å²) in [5.41, 5.74) is 21.9. The molecule has 0 aromatic heterocycles. The third kappa shape index (κ3) is 9.97. The van der Waals surface area contributed by atoms with Gasteiger partial charge in [0.1, 0.15) is 60.9 Å². The van der Waals surface area contributed by atoms with Gasteiger partial charge in [-0.3, -0.25) is 9.05 Å². The number of likely N-dealkylation sites (N-methyl/N-ethyl adjacent to an activating group) is 1. The van der Waals surface area contributed by atoms with E-state index in [1.54, 1.807) is 0 Å². The summed E-state index contributed by atoms with van der Waals surface area (Å²) in [6, 6.07) is -4.59. The van der Waals surface area contributed by atoms with E-state index in [-0.39, 0.29) is 0 Å². The molecule has 3 rings (SSSR count). The molecule has 3 fully saturated rings.